The third-order valence-electron chi connectivity index (χ3n) is 9.23. The summed E-state index contributed by atoms with van der Waals surface area (Å²) >= 11 is 0. The zero-order chi connectivity index (χ0) is 31.6. The number of hydrogen-bond acceptors (Lipinski definition) is 4. The van der Waals surface area contributed by atoms with Gasteiger partial charge in [-0.25, -0.2) is 4.98 Å². The molecule has 3 aromatic heterocycles. The van der Waals surface area contributed by atoms with Crippen LogP contribution in [0.2, 0.25) is 0 Å². The summed E-state index contributed by atoms with van der Waals surface area (Å²) in [6.07, 6.45) is 0. The third kappa shape index (κ3) is 4.15. The Balaban J connectivity index is 1.29. The molecule has 0 saturated heterocycles. The maximum atomic E-state index is 6.28. The maximum absolute atomic E-state index is 6.28. The summed E-state index contributed by atoms with van der Waals surface area (Å²) in [5.41, 5.74) is 7.76. The van der Waals surface area contributed by atoms with Gasteiger partial charge in [-0.3, -0.25) is 4.57 Å². The smallest absolute Gasteiger partial charge is 0.238 e. The normalized spacial score (nSPS) is 11.8. The van der Waals surface area contributed by atoms with Crippen molar-refractivity contribution in [2.45, 2.75) is 0 Å². The molecule has 0 radical (unpaired) electrons. The lowest BCUT2D eigenvalue weighted by atomic mass is 10.0. The Morgan fingerprint density at radius 3 is 1.98 bits per heavy atom. The van der Waals surface area contributed by atoms with Gasteiger partial charge in [0, 0.05) is 32.7 Å². The van der Waals surface area contributed by atoms with Gasteiger partial charge in [0.2, 0.25) is 5.95 Å². The first-order valence-electron chi connectivity index (χ1n) is 16.0. The van der Waals surface area contributed by atoms with Gasteiger partial charge < -0.3 is 4.42 Å². The molecular weight excluding hydrogens is 589 g/mol. The Morgan fingerprint density at radius 1 is 0.417 bits per heavy atom. The second kappa shape index (κ2) is 10.5. The monoisotopic (exact) mass is 614 g/mol. The lowest BCUT2D eigenvalue weighted by molar-refractivity contribution is 0.669. The number of aromatic nitrogens is 4. The highest BCUT2D eigenvalue weighted by molar-refractivity contribution is 6.14. The highest BCUT2D eigenvalue weighted by Crippen LogP contribution is 2.38. The molecule has 0 aliphatic carbocycles. The number of rotatable bonds is 4. The zero-order valence-corrected chi connectivity index (χ0v) is 25.7. The van der Waals surface area contributed by atoms with E-state index in [1.807, 2.05) is 36.4 Å². The SMILES string of the molecule is c1ccc(-c2cccc(-c3nc(-c4cccc5oc6ccccc6c45)nc(-n4c5ccccc5c5cc6ccccc6cc54)n3)c2)cc1. The molecular formula is C43H26N4O. The van der Waals surface area contributed by atoms with Crippen LogP contribution < -0.4 is 0 Å². The Morgan fingerprint density at radius 2 is 1.08 bits per heavy atom. The van der Waals surface area contributed by atoms with Crippen LogP contribution in [0.4, 0.5) is 0 Å². The van der Waals surface area contributed by atoms with Crippen LogP contribution in [0.1, 0.15) is 0 Å². The van der Waals surface area contributed by atoms with Crippen molar-refractivity contribution in [2.24, 2.45) is 0 Å². The Bertz CT molecular complexity index is 2850. The first-order valence-corrected chi connectivity index (χ1v) is 16.0. The summed E-state index contributed by atoms with van der Waals surface area (Å²) in [5.74, 6) is 1.75. The Kier molecular flexibility index (Phi) is 5.81. The number of fused-ring (bicyclic) bond motifs is 7. The predicted molar refractivity (Wildman–Crippen MR) is 195 cm³/mol. The van der Waals surface area contributed by atoms with Gasteiger partial charge in [-0.05, 0) is 58.3 Å². The van der Waals surface area contributed by atoms with Crippen molar-refractivity contribution in [1.82, 2.24) is 19.5 Å². The highest BCUT2D eigenvalue weighted by Gasteiger charge is 2.21. The van der Waals surface area contributed by atoms with Crippen LogP contribution in [-0.4, -0.2) is 19.5 Å². The summed E-state index contributed by atoms with van der Waals surface area (Å²) in [6.45, 7) is 0. The minimum atomic E-state index is 0.561. The van der Waals surface area contributed by atoms with E-state index in [0.717, 1.165) is 71.4 Å². The van der Waals surface area contributed by atoms with Gasteiger partial charge in [-0.15, -0.1) is 0 Å². The van der Waals surface area contributed by atoms with E-state index in [9.17, 15) is 0 Å². The van der Waals surface area contributed by atoms with Crippen molar-refractivity contribution in [1.29, 1.82) is 0 Å². The standard InChI is InChI=1S/C43H26N4O/c1-2-12-27(13-3-1)28-16-10-17-31(24-28)41-44-42(34-20-11-23-39-40(34)33-19-7-9-22-38(33)48-39)46-43(45-41)47-36-21-8-6-18-32(36)35-25-29-14-4-5-15-30(29)26-37(35)47/h1-26H. The second-order valence-electron chi connectivity index (χ2n) is 12.1. The second-order valence-corrected chi connectivity index (χ2v) is 12.1. The van der Waals surface area contributed by atoms with Gasteiger partial charge in [0.1, 0.15) is 11.2 Å². The topological polar surface area (TPSA) is 56.7 Å². The van der Waals surface area contributed by atoms with E-state index in [1.165, 1.54) is 5.39 Å². The van der Waals surface area contributed by atoms with Gasteiger partial charge in [-0.2, -0.15) is 9.97 Å². The number of benzene rings is 7. The van der Waals surface area contributed by atoms with Crippen LogP contribution in [0, 0.1) is 0 Å². The first kappa shape index (κ1) is 26.6. The summed E-state index contributed by atoms with van der Waals surface area (Å²) in [5, 5.41) is 6.68. The molecule has 0 fully saturated rings. The van der Waals surface area contributed by atoms with E-state index >= 15 is 0 Å². The predicted octanol–water partition coefficient (Wildman–Crippen LogP) is 11.0. The van der Waals surface area contributed by atoms with Gasteiger partial charge in [0.15, 0.2) is 11.6 Å². The van der Waals surface area contributed by atoms with Crippen molar-refractivity contribution in [3.63, 3.8) is 0 Å². The number of para-hydroxylation sites is 2. The first-order chi connectivity index (χ1) is 23.8. The molecule has 10 aromatic rings. The largest absolute Gasteiger partial charge is 0.456 e. The summed E-state index contributed by atoms with van der Waals surface area (Å²) in [7, 11) is 0. The Labute approximate surface area is 275 Å². The quantitative estimate of drug-likeness (QED) is 0.198. The van der Waals surface area contributed by atoms with Crippen LogP contribution in [0.15, 0.2) is 162 Å². The minimum absolute atomic E-state index is 0.561. The fourth-order valence-corrected chi connectivity index (χ4v) is 7.01. The van der Waals surface area contributed by atoms with Crippen LogP contribution in [0.25, 0.3) is 94.4 Å². The summed E-state index contributed by atoms with van der Waals surface area (Å²) < 4.78 is 8.46. The third-order valence-corrected chi connectivity index (χ3v) is 9.23. The molecule has 5 nitrogen and oxygen atoms in total. The lowest BCUT2D eigenvalue weighted by Gasteiger charge is -2.12. The van der Waals surface area contributed by atoms with Crippen molar-refractivity contribution in [3.05, 3.63) is 158 Å². The molecule has 0 bridgehead atoms. The molecule has 0 unspecified atom stereocenters. The molecule has 0 aliphatic heterocycles. The van der Waals surface area contributed by atoms with Crippen molar-refractivity contribution < 1.29 is 4.42 Å². The molecule has 0 amide bonds. The molecule has 0 saturated carbocycles. The van der Waals surface area contributed by atoms with E-state index in [0.29, 0.717) is 17.6 Å². The van der Waals surface area contributed by atoms with E-state index in [4.69, 9.17) is 19.4 Å². The van der Waals surface area contributed by atoms with Crippen LogP contribution in [0.3, 0.4) is 0 Å². The number of nitrogens with zero attached hydrogens (tertiary/aromatic N) is 4. The van der Waals surface area contributed by atoms with Crippen LogP contribution >= 0.6 is 0 Å². The lowest BCUT2D eigenvalue weighted by Crippen LogP contribution is -2.06. The van der Waals surface area contributed by atoms with Crippen molar-refractivity contribution in [2.75, 3.05) is 0 Å². The molecule has 0 atom stereocenters. The molecule has 224 valence electrons. The fourth-order valence-electron chi connectivity index (χ4n) is 7.01. The van der Waals surface area contributed by atoms with E-state index in [-0.39, 0.29) is 0 Å². The average Bonchev–Trinajstić information content (AvgIpc) is 3.69. The van der Waals surface area contributed by atoms with Crippen molar-refractivity contribution >= 4 is 54.5 Å². The fraction of sp³-hybridized carbons (Fsp3) is 0. The molecule has 7 aromatic carbocycles. The average molecular weight is 615 g/mol. The maximum Gasteiger partial charge on any atom is 0.238 e. The van der Waals surface area contributed by atoms with Crippen LogP contribution in [0.5, 0.6) is 0 Å². The summed E-state index contributed by atoms with van der Waals surface area (Å²) in [4.78, 5) is 15.7. The van der Waals surface area contributed by atoms with Gasteiger partial charge in [-0.1, -0.05) is 121 Å². The van der Waals surface area contributed by atoms with Gasteiger partial charge in [0.25, 0.3) is 0 Å². The molecule has 0 spiro atoms. The Hall–Kier alpha value is -6.59. The molecule has 10 rings (SSSR count). The molecule has 0 N–H and O–H groups in total. The molecule has 48 heavy (non-hydrogen) atoms. The van der Waals surface area contributed by atoms with Gasteiger partial charge in [0.05, 0.1) is 11.0 Å². The summed E-state index contributed by atoms with van der Waals surface area (Å²) in [6, 6.07) is 54.5. The van der Waals surface area contributed by atoms with E-state index in [1.54, 1.807) is 0 Å². The highest BCUT2D eigenvalue weighted by atomic mass is 16.3. The van der Waals surface area contributed by atoms with Crippen molar-refractivity contribution in [3.8, 4) is 39.9 Å². The number of hydrogen-bond donors (Lipinski definition) is 0. The minimum Gasteiger partial charge on any atom is -0.456 e. The zero-order valence-electron chi connectivity index (χ0n) is 25.7. The molecule has 3 heterocycles. The number of furan rings is 1. The van der Waals surface area contributed by atoms with E-state index < -0.39 is 0 Å². The van der Waals surface area contributed by atoms with Crippen LogP contribution in [-0.2, 0) is 0 Å². The van der Waals surface area contributed by atoms with E-state index in [2.05, 4.69) is 126 Å². The van der Waals surface area contributed by atoms with Gasteiger partial charge >= 0.3 is 0 Å². The molecule has 0 aliphatic rings. The molecule has 5 heteroatoms.